The molecule has 0 atom stereocenters. The number of benzene rings is 1. The lowest BCUT2D eigenvalue weighted by Gasteiger charge is -1.97. The molecule has 1 heteroatoms. The van der Waals surface area contributed by atoms with Crippen molar-refractivity contribution in [2.24, 2.45) is 0 Å². The maximum atomic E-state index is 4.19. The van der Waals surface area contributed by atoms with Crippen LogP contribution in [0.5, 0.6) is 0 Å². The van der Waals surface area contributed by atoms with Crippen molar-refractivity contribution in [1.29, 1.82) is 0 Å². The number of aromatic nitrogens is 1. The van der Waals surface area contributed by atoms with E-state index in [9.17, 15) is 0 Å². The molecule has 0 aliphatic heterocycles. The Morgan fingerprint density at radius 2 is 2.27 bits per heavy atom. The van der Waals surface area contributed by atoms with Crippen molar-refractivity contribution in [3.05, 3.63) is 42.2 Å². The van der Waals surface area contributed by atoms with Crippen LogP contribution in [0.1, 0.15) is 5.69 Å². The molecular formula is C10H8N. The van der Waals surface area contributed by atoms with Gasteiger partial charge in [-0.2, -0.15) is 0 Å². The van der Waals surface area contributed by atoms with Crippen molar-refractivity contribution < 1.29 is 0 Å². The largest absolute Gasteiger partial charge is 0.261 e. The fourth-order valence-electron chi connectivity index (χ4n) is 1.20. The average molecular weight is 142 g/mol. The van der Waals surface area contributed by atoms with Crippen LogP contribution in [0.25, 0.3) is 10.8 Å². The summed E-state index contributed by atoms with van der Waals surface area (Å²) in [6, 6.07) is 11.1. The van der Waals surface area contributed by atoms with Gasteiger partial charge in [0.05, 0.1) is 0 Å². The van der Waals surface area contributed by atoms with E-state index in [1.807, 2.05) is 31.3 Å². The molecule has 53 valence electrons. The van der Waals surface area contributed by atoms with Crippen molar-refractivity contribution >= 4 is 10.8 Å². The van der Waals surface area contributed by atoms with Crippen LogP contribution >= 0.6 is 0 Å². The third kappa shape index (κ3) is 0.984. The highest BCUT2D eigenvalue weighted by Crippen LogP contribution is 2.13. The van der Waals surface area contributed by atoms with Crippen molar-refractivity contribution in [3.8, 4) is 0 Å². The Bertz CT molecular complexity index is 374. The first kappa shape index (κ1) is 6.35. The van der Waals surface area contributed by atoms with Gasteiger partial charge in [-0.3, -0.25) is 4.98 Å². The molecule has 1 aromatic heterocycles. The standard InChI is InChI=1S/C10H8N/c1-8-10-5-3-2-4-9(10)6-7-11-8/h2-3,5-7H,1H3. The van der Waals surface area contributed by atoms with E-state index >= 15 is 0 Å². The topological polar surface area (TPSA) is 12.9 Å². The van der Waals surface area contributed by atoms with Crippen molar-refractivity contribution in [2.45, 2.75) is 6.92 Å². The minimum absolute atomic E-state index is 1.07. The molecule has 0 bridgehead atoms. The monoisotopic (exact) mass is 142 g/mol. The second kappa shape index (κ2) is 2.35. The molecule has 2 rings (SSSR count). The quantitative estimate of drug-likeness (QED) is 0.550. The van der Waals surface area contributed by atoms with E-state index in [-0.39, 0.29) is 0 Å². The van der Waals surface area contributed by atoms with Gasteiger partial charge in [-0.05, 0) is 24.4 Å². The molecule has 0 saturated heterocycles. The second-order valence-corrected chi connectivity index (χ2v) is 2.53. The lowest BCUT2D eigenvalue weighted by molar-refractivity contribution is 1.24. The number of fused-ring (bicyclic) bond motifs is 1. The third-order valence-electron chi connectivity index (χ3n) is 1.79. The van der Waals surface area contributed by atoms with E-state index in [2.05, 4.69) is 17.1 Å². The number of pyridine rings is 1. The number of aryl methyl sites for hydroxylation is 1. The predicted molar refractivity (Wildman–Crippen MR) is 45.3 cm³/mol. The molecule has 11 heavy (non-hydrogen) atoms. The SMILES string of the molecule is Cc1nccc2[c]cccc12. The van der Waals surface area contributed by atoms with Gasteiger partial charge < -0.3 is 0 Å². The molecule has 1 aromatic carbocycles. The van der Waals surface area contributed by atoms with Gasteiger partial charge in [-0.1, -0.05) is 18.2 Å². The first-order valence-electron chi connectivity index (χ1n) is 3.60. The minimum atomic E-state index is 1.07. The molecular weight excluding hydrogens is 134 g/mol. The molecule has 0 amide bonds. The fraction of sp³-hybridized carbons (Fsp3) is 0.100. The van der Waals surface area contributed by atoms with Crippen LogP contribution in [0.2, 0.25) is 0 Å². The van der Waals surface area contributed by atoms with Crippen LogP contribution in [-0.2, 0) is 0 Å². The van der Waals surface area contributed by atoms with Crippen LogP contribution in [0.4, 0.5) is 0 Å². The Morgan fingerprint density at radius 1 is 1.36 bits per heavy atom. The van der Waals surface area contributed by atoms with Crippen molar-refractivity contribution in [1.82, 2.24) is 4.98 Å². The Labute approximate surface area is 65.7 Å². The lowest BCUT2D eigenvalue weighted by Crippen LogP contribution is -1.81. The summed E-state index contributed by atoms with van der Waals surface area (Å²) in [6.07, 6.45) is 1.81. The summed E-state index contributed by atoms with van der Waals surface area (Å²) in [7, 11) is 0. The normalized spacial score (nSPS) is 10.3. The van der Waals surface area contributed by atoms with Crippen LogP contribution in [0.3, 0.4) is 0 Å². The van der Waals surface area contributed by atoms with E-state index in [1.165, 1.54) is 5.39 Å². The summed E-state index contributed by atoms with van der Waals surface area (Å²) in [5.74, 6) is 0. The number of hydrogen-bond donors (Lipinski definition) is 0. The number of nitrogens with zero attached hydrogens (tertiary/aromatic N) is 1. The maximum Gasteiger partial charge on any atom is 0.0451 e. The molecule has 1 nitrogen and oxygen atoms in total. The van der Waals surface area contributed by atoms with Crippen LogP contribution in [0, 0.1) is 13.0 Å². The zero-order valence-corrected chi connectivity index (χ0v) is 6.33. The molecule has 0 N–H and O–H groups in total. The Morgan fingerprint density at radius 3 is 3.09 bits per heavy atom. The highest BCUT2D eigenvalue weighted by atomic mass is 14.7. The molecule has 1 radical (unpaired) electrons. The minimum Gasteiger partial charge on any atom is -0.261 e. The Kier molecular flexibility index (Phi) is 1.35. The highest BCUT2D eigenvalue weighted by Gasteiger charge is 1.93. The van der Waals surface area contributed by atoms with Crippen LogP contribution in [-0.4, -0.2) is 4.98 Å². The van der Waals surface area contributed by atoms with Gasteiger partial charge in [-0.15, -0.1) is 0 Å². The summed E-state index contributed by atoms with van der Waals surface area (Å²) in [4.78, 5) is 4.19. The van der Waals surface area contributed by atoms with E-state index in [1.54, 1.807) is 0 Å². The smallest absolute Gasteiger partial charge is 0.0451 e. The zero-order valence-electron chi connectivity index (χ0n) is 6.33. The van der Waals surface area contributed by atoms with Crippen LogP contribution in [0.15, 0.2) is 30.5 Å². The summed E-state index contributed by atoms with van der Waals surface area (Å²) in [5, 5.41) is 2.33. The number of hydrogen-bond acceptors (Lipinski definition) is 1. The van der Waals surface area contributed by atoms with Gasteiger partial charge in [0.2, 0.25) is 0 Å². The first-order valence-corrected chi connectivity index (χ1v) is 3.60. The molecule has 0 unspecified atom stereocenters. The molecule has 0 aliphatic rings. The summed E-state index contributed by atoms with van der Waals surface area (Å²) < 4.78 is 0. The molecule has 0 spiro atoms. The van der Waals surface area contributed by atoms with Crippen molar-refractivity contribution in [3.63, 3.8) is 0 Å². The number of rotatable bonds is 0. The summed E-state index contributed by atoms with van der Waals surface area (Å²) in [6.45, 7) is 2.01. The first-order chi connectivity index (χ1) is 5.38. The van der Waals surface area contributed by atoms with Gasteiger partial charge in [0.25, 0.3) is 0 Å². The summed E-state index contributed by atoms with van der Waals surface area (Å²) >= 11 is 0. The molecule has 2 aromatic rings. The Balaban J connectivity index is 2.91. The van der Waals surface area contributed by atoms with Gasteiger partial charge in [0.1, 0.15) is 0 Å². The molecule has 0 aliphatic carbocycles. The van der Waals surface area contributed by atoms with Gasteiger partial charge >= 0.3 is 0 Å². The van der Waals surface area contributed by atoms with Gasteiger partial charge in [0.15, 0.2) is 0 Å². The van der Waals surface area contributed by atoms with E-state index < -0.39 is 0 Å². The van der Waals surface area contributed by atoms with Gasteiger partial charge in [0, 0.05) is 17.3 Å². The second-order valence-electron chi connectivity index (χ2n) is 2.53. The maximum absolute atomic E-state index is 4.19. The third-order valence-corrected chi connectivity index (χ3v) is 1.79. The molecule has 0 fully saturated rings. The molecule has 1 heterocycles. The zero-order chi connectivity index (χ0) is 7.68. The average Bonchev–Trinajstić information content (AvgIpc) is 2.06. The lowest BCUT2D eigenvalue weighted by atomic mass is 10.1. The van der Waals surface area contributed by atoms with Crippen molar-refractivity contribution in [2.75, 3.05) is 0 Å². The van der Waals surface area contributed by atoms with Crippen LogP contribution < -0.4 is 0 Å². The Hall–Kier alpha value is -1.37. The van der Waals surface area contributed by atoms with E-state index in [0.29, 0.717) is 0 Å². The predicted octanol–water partition coefficient (Wildman–Crippen LogP) is 2.34. The van der Waals surface area contributed by atoms with Gasteiger partial charge in [-0.25, -0.2) is 0 Å². The fourth-order valence-corrected chi connectivity index (χ4v) is 1.20. The molecule has 0 saturated carbocycles. The van der Waals surface area contributed by atoms with E-state index in [4.69, 9.17) is 0 Å². The highest BCUT2D eigenvalue weighted by molar-refractivity contribution is 5.83. The summed E-state index contributed by atoms with van der Waals surface area (Å²) in [5.41, 5.74) is 1.07. The van der Waals surface area contributed by atoms with E-state index in [0.717, 1.165) is 11.1 Å².